The van der Waals surface area contributed by atoms with Gasteiger partial charge >= 0.3 is 0 Å². The van der Waals surface area contributed by atoms with Gasteiger partial charge in [-0.25, -0.2) is 0 Å². The Morgan fingerprint density at radius 3 is 2.53 bits per heavy atom. The number of nitrogens with one attached hydrogen (secondary N) is 1. The van der Waals surface area contributed by atoms with Gasteiger partial charge in [-0.05, 0) is 30.3 Å². The Labute approximate surface area is 192 Å². The number of carbonyl (C=O) groups excluding carboxylic acids is 2. The molecule has 156 valence electrons. The summed E-state index contributed by atoms with van der Waals surface area (Å²) in [5.41, 5.74) is 1.10. The van der Waals surface area contributed by atoms with Gasteiger partial charge in [-0.3, -0.25) is 14.2 Å². The topological polar surface area (TPSA) is 80.1 Å². The van der Waals surface area contributed by atoms with Crippen LogP contribution < -0.4 is 5.32 Å². The summed E-state index contributed by atoms with van der Waals surface area (Å²) in [6, 6.07) is 12.1. The second kappa shape index (κ2) is 10.2. The standard InChI is InChI=1S/C19H16Cl3N5O2S/c1-26(9-16(28)24-18-14(21)6-3-7-15(18)22)17(29)10-30-19-25-23-11-27(19)13-5-2-4-12(20)8-13/h2-8,11H,9-10H2,1H3,(H,24,28). The predicted molar refractivity (Wildman–Crippen MR) is 120 cm³/mol. The number of carbonyl (C=O) groups is 2. The molecule has 30 heavy (non-hydrogen) atoms. The first-order chi connectivity index (χ1) is 14.3. The molecule has 0 radical (unpaired) electrons. The van der Waals surface area contributed by atoms with Crippen LogP contribution in [0.5, 0.6) is 0 Å². The van der Waals surface area contributed by atoms with E-state index < -0.39 is 5.91 Å². The highest BCUT2D eigenvalue weighted by atomic mass is 35.5. The summed E-state index contributed by atoms with van der Waals surface area (Å²) in [6.07, 6.45) is 1.54. The number of benzene rings is 2. The number of thioether (sulfide) groups is 1. The zero-order valence-electron chi connectivity index (χ0n) is 15.7. The fourth-order valence-corrected chi connectivity index (χ4v) is 4.01. The van der Waals surface area contributed by atoms with Gasteiger partial charge in [-0.1, -0.05) is 58.7 Å². The van der Waals surface area contributed by atoms with Crippen molar-refractivity contribution in [2.75, 3.05) is 24.7 Å². The third-order valence-electron chi connectivity index (χ3n) is 3.96. The van der Waals surface area contributed by atoms with Crippen LogP contribution in [0.1, 0.15) is 0 Å². The lowest BCUT2D eigenvalue weighted by Crippen LogP contribution is -2.36. The summed E-state index contributed by atoms with van der Waals surface area (Å²) < 4.78 is 1.73. The maximum atomic E-state index is 12.5. The molecule has 1 aromatic heterocycles. The number of para-hydroxylation sites is 1. The van der Waals surface area contributed by atoms with Crippen LogP contribution in [0.15, 0.2) is 53.9 Å². The SMILES string of the molecule is CN(CC(=O)Nc1c(Cl)cccc1Cl)C(=O)CSc1nncn1-c1cccc(Cl)c1. The van der Waals surface area contributed by atoms with Crippen LogP contribution in [0.25, 0.3) is 5.69 Å². The quantitative estimate of drug-likeness (QED) is 0.502. The summed E-state index contributed by atoms with van der Waals surface area (Å²) in [4.78, 5) is 26.0. The van der Waals surface area contributed by atoms with Crippen LogP contribution >= 0.6 is 46.6 Å². The van der Waals surface area contributed by atoms with E-state index in [2.05, 4.69) is 15.5 Å². The van der Waals surface area contributed by atoms with Crippen molar-refractivity contribution < 1.29 is 9.59 Å². The summed E-state index contributed by atoms with van der Waals surface area (Å²) in [6.45, 7) is -0.151. The molecule has 0 unspecified atom stereocenters. The monoisotopic (exact) mass is 483 g/mol. The normalized spacial score (nSPS) is 10.7. The molecule has 0 aliphatic heterocycles. The number of hydrogen-bond acceptors (Lipinski definition) is 5. The van der Waals surface area contributed by atoms with Crippen LogP contribution in [-0.2, 0) is 9.59 Å². The Morgan fingerprint density at radius 2 is 1.83 bits per heavy atom. The maximum absolute atomic E-state index is 12.5. The molecule has 0 aliphatic carbocycles. The van der Waals surface area contributed by atoms with E-state index in [1.165, 1.54) is 16.7 Å². The van der Waals surface area contributed by atoms with Gasteiger partial charge in [0.1, 0.15) is 6.33 Å². The molecule has 3 aromatic rings. The van der Waals surface area contributed by atoms with Gasteiger partial charge in [0, 0.05) is 12.1 Å². The first-order valence-corrected chi connectivity index (χ1v) is 10.7. The molecule has 1 N–H and O–H groups in total. The Kier molecular flexibility index (Phi) is 7.60. The summed E-state index contributed by atoms with van der Waals surface area (Å²) in [5.74, 6) is -0.579. The largest absolute Gasteiger partial charge is 0.336 e. The predicted octanol–water partition coefficient (Wildman–Crippen LogP) is 4.42. The highest BCUT2D eigenvalue weighted by Crippen LogP contribution is 2.29. The molecule has 1 heterocycles. The van der Waals surface area contributed by atoms with E-state index in [-0.39, 0.29) is 18.2 Å². The number of halogens is 3. The molecule has 2 aromatic carbocycles. The van der Waals surface area contributed by atoms with E-state index in [0.717, 1.165) is 5.69 Å². The Morgan fingerprint density at radius 1 is 1.13 bits per heavy atom. The minimum Gasteiger partial charge on any atom is -0.336 e. The second-order valence-corrected chi connectivity index (χ2v) is 8.34. The third-order valence-corrected chi connectivity index (χ3v) is 5.75. The van der Waals surface area contributed by atoms with Crippen molar-refractivity contribution in [2.24, 2.45) is 0 Å². The highest BCUT2D eigenvalue weighted by molar-refractivity contribution is 7.99. The molecule has 0 fully saturated rings. The van der Waals surface area contributed by atoms with Gasteiger partial charge in [0.05, 0.1) is 33.7 Å². The zero-order valence-corrected chi connectivity index (χ0v) is 18.8. The van der Waals surface area contributed by atoms with Gasteiger partial charge in [-0.15, -0.1) is 10.2 Å². The van der Waals surface area contributed by atoms with Crippen molar-refractivity contribution >= 4 is 64.1 Å². The fourth-order valence-electron chi connectivity index (χ4n) is 2.46. The molecule has 0 saturated carbocycles. The van der Waals surface area contributed by atoms with E-state index in [1.54, 1.807) is 48.3 Å². The van der Waals surface area contributed by atoms with Crippen molar-refractivity contribution in [3.63, 3.8) is 0 Å². The van der Waals surface area contributed by atoms with Crippen LogP contribution in [0.2, 0.25) is 15.1 Å². The van der Waals surface area contributed by atoms with Crippen molar-refractivity contribution in [3.8, 4) is 5.69 Å². The first-order valence-electron chi connectivity index (χ1n) is 8.61. The summed E-state index contributed by atoms with van der Waals surface area (Å²) in [7, 11) is 1.54. The Bertz CT molecular complexity index is 1060. The molecular formula is C19H16Cl3N5O2S. The second-order valence-electron chi connectivity index (χ2n) is 6.15. The Balaban J connectivity index is 1.57. The highest BCUT2D eigenvalue weighted by Gasteiger charge is 2.17. The minimum absolute atomic E-state index is 0.0793. The molecule has 11 heteroatoms. The van der Waals surface area contributed by atoms with Crippen molar-refractivity contribution in [1.82, 2.24) is 19.7 Å². The average molecular weight is 485 g/mol. The molecule has 0 spiro atoms. The van der Waals surface area contributed by atoms with Gasteiger partial charge < -0.3 is 10.2 Å². The van der Waals surface area contributed by atoms with Crippen LogP contribution in [-0.4, -0.2) is 50.8 Å². The molecule has 0 aliphatic rings. The van der Waals surface area contributed by atoms with Crippen molar-refractivity contribution in [3.05, 3.63) is 63.9 Å². The zero-order chi connectivity index (χ0) is 21.7. The van der Waals surface area contributed by atoms with E-state index in [9.17, 15) is 9.59 Å². The van der Waals surface area contributed by atoms with Crippen molar-refractivity contribution in [1.29, 1.82) is 0 Å². The third kappa shape index (κ3) is 5.66. The van der Waals surface area contributed by atoms with Crippen molar-refractivity contribution in [2.45, 2.75) is 5.16 Å². The number of likely N-dealkylation sites (N-methyl/N-ethyl adjacent to an activating group) is 1. The number of amides is 2. The van der Waals surface area contributed by atoms with Gasteiger partial charge in [0.2, 0.25) is 11.8 Å². The van der Waals surface area contributed by atoms with E-state index in [4.69, 9.17) is 34.8 Å². The van der Waals surface area contributed by atoms with Crippen LogP contribution in [0, 0.1) is 0 Å². The fraction of sp³-hybridized carbons (Fsp3) is 0.158. The molecule has 2 amide bonds. The smallest absolute Gasteiger partial charge is 0.244 e. The lowest BCUT2D eigenvalue weighted by molar-refractivity contribution is -0.131. The molecule has 3 rings (SSSR count). The number of anilines is 1. The average Bonchev–Trinajstić information content (AvgIpc) is 3.17. The van der Waals surface area contributed by atoms with Gasteiger partial charge in [0.15, 0.2) is 5.16 Å². The Hall–Kier alpha value is -2.26. The van der Waals surface area contributed by atoms with Gasteiger partial charge in [-0.2, -0.15) is 0 Å². The van der Waals surface area contributed by atoms with Gasteiger partial charge in [0.25, 0.3) is 0 Å². The minimum atomic E-state index is -0.409. The summed E-state index contributed by atoms with van der Waals surface area (Å²) >= 11 is 19.3. The molecule has 7 nitrogen and oxygen atoms in total. The van der Waals surface area contributed by atoms with E-state index >= 15 is 0 Å². The number of aromatic nitrogens is 3. The lowest BCUT2D eigenvalue weighted by Gasteiger charge is -2.17. The molecule has 0 bridgehead atoms. The van der Waals surface area contributed by atoms with Crippen LogP contribution in [0.4, 0.5) is 5.69 Å². The molecule has 0 saturated heterocycles. The number of nitrogens with zero attached hydrogens (tertiary/aromatic N) is 4. The maximum Gasteiger partial charge on any atom is 0.244 e. The first kappa shape index (κ1) is 22.4. The number of hydrogen-bond donors (Lipinski definition) is 1. The van der Waals surface area contributed by atoms with E-state index in [1.807, 2.05) is 12.1 Å². The lowest BCUT2D eigenvalue weighted by atomic mass is 10.3. The number of rotatable bonds is 7. The molecular weight excluding hydrogens is 469 g/mol. The summed E-state index contributed by atoms with van der Waals surface area (Å²) in [5, 5.41) is 12.3. The molecule has 0 atom stereocenters. The van der Waals surface area contributed by atoms with Crippen LogP contribution in [0.3, 0.4) is 0 Å². The van der Waals surface area contributed by atoms with E-state index in [0.29, 0.717) is 25.9 Å².